The van der Waals surface area contributed by atoms with E-state index in [0.717, 1.165) is 36.7 Å². The van der Waals surface area contributed by atoms with Gasteiger partial charge in [-0.2, -0.15) is 0 Å². The number of hydrogen-bond donors (Lipinski definition) is 1. The van der Waals surface area contributed by atoms with Gasteiger partial charge >= 0.3 is 0 Å². The molecular weight excluding hydrogens is 246 g/mol. The summed E-state index contributed by atoms with van der Waals surface area (Å²) in [5, 5.41) is 8.03. The summed E-state index contributed by atoms with van der Waals surface area (Å²) in [5.41, 5.74) is 7.64. The molecule has 0 unspecified atom stereocenters. The molecule has 2 heterocycles. The predicted molar refractivity (Wildman–Crippen MR) is 73.4 cm³/mol. The number of benzene rings is 1. The van der Waals surface area contributed by atoms with Gasteiger partial charge in [-0.05, 0) is 24.3 Å². The molecule has 0 aliphatic carbocycles. The molecule has 1 aliphatic rings. The van der Waals surface area contributed by atoms with Crippen molar-refractivity contribution in [2.24, 2.45) is 5.73 Å². The number of fused-ring (bicyclic) bond motifs is 1. The summed E-state index contributed by atoms with van der Waals surface area (Å²) in [7, 11) is 0. The molecule has 0 atom stereocenters. The molecule has 0 radical (unpaired) electrons. The summed E-state index contributed by atoms with van der Waals surface area (Å²) in [6, 6.07) is 8.00. The fourth-order valence-electron chi connectivity index (χ4n) is 2.12. The molecule has 5 nitrogen and oxygen atoms in total. The van der Waals surface area contributed by atoms with E-state index in [1.54, 1.807) is 6.33 Å². The Bertz CT molecular complexity index is 574. The monoisotopic (exact) mass is 259 g/mol. The predicted octanol–water partition coefficient (Wildman–Crippen LogP) is 0.933. The highest BCUT2D eigenvalue weighted by atomic mass is 32.1. The second kappa shape index (κ2) is 4.38. The van der Waals surface area contributed by atoms with Crippen LogP contribution >= 0.6 is 12.2 Å². The molecule has 1 aliphatic heterocycles. The van der Waals surface area contributed by atoms with Gasteiger partial charge in [0.25, 0.3) is 0 Å². The lowest BCUT2D eigenvalue weighted by molar-refractivity contribution is 0.560. The molecule has 0 saturated carbocycles. The van der Waals surface area contributed by atoms with Crippen molar-refractivity contribution >= 4 is 22.9 Å². The zero-order valence-corrected chi connectivity index (χ0v) is 10.6. The van der Waals surface area contributed by atoms with Gasteiger partial charge in [0.15, 0.2) is 5.82 Å². The van der Waals surface area contributed by atoms with Crippen molar-refractivity contribution in [1.82, 2.24) is 14.8 Å². The molecule has 18 heavy (non-hydrogen) atoms. The van der Waals surface area contributed by atoms with E-state index in [0.29, 0.717) is 4.99 Å². The summed E-state index contributed by atoms with van der Waals surface area (Å²) in [6.07, 6.45) is 1.78. The van der Waals surface area contributed by atoms with E-state index in [-0.39, 0.29) is 0 Å². The van der Waals surface area contributed by atoms with Gasteiger partial charge in [0.1, 0.15) is 11.3 Å². The third-order valence-corrected chi connectivity index (χ3v) is 3.39. The van der Waals surface area contributed by atoms with Crippen molar-refractivity contribution in [3.05, 3.63) is 42.0 Å². The van der Waals surface area contributed by atoms with Crippen LogP contribution in [0.1, 0.15) is 11.4 Å². The minimum absolute atomic E-state index is 0.430. The van der Waals surface area contributed by atoms with Crippen molar-refractivity contribution in [2.45, 2.75) is 13.1 Å². The maximum Gasteiger partial charge on any atom is 0.152 e. The minimum Gasteiger partial charge on any atom is -0.389 e. The van der Waals surface area contributed by atoms with Crippen molar-refractivity contribution in [3.63, 3.8) is 0 Å². The second-order valence-electron chi connectivity index (χ2n) is 4.27. The average Bonchev–Trinajstić information content (AvgIpc) is 2.86. The number of nitrogens with zero attached hydrogens (tertiary/aromatic N) is 4. The Hall–Kier alpha value is -1.95. The molecule has 1 aromatic carbocycles. The highest BCUT2D eigenvalue weighted by Gasteiger charge is 2.17. The first-order valence-electron chi connectivity index (χ1n) is 5.75. The summed E-state index contributed by atoms with van der Waals surface area (Å²) >= 11 is 4.94. The zero-order valence-electron chi connectivity index (χ0n) is 9.78. The summed E-state index contributed by atoms with van der Waals surface area (Å²) in [6.45, 7) is 2.66. The smallest absolute Gasteiger partial charge is 0.152 e. The van der Waals surface area contributed by atoms with E-state index in [9.17, 15) is 0 Å². The van der Waals surface area contributed by atoms with Crippen molar-refractivity contribution in [2.75, 3.05) is 11.4 Å². The van der Waals surface area contributed by atoms with Gasteiger partial charge in [0.2, 0.25) is 0 Å². The van der Waals surface area contributed by atoms with Crippen molar-refractivity contribution < 1.29 is 0 Å². The molecule has 2 N–H and O–H groups in total. The van der Waals surface area contributed by atoms with E-state index in [1.165, 1.54) is 0 Å². The molecule has 0 bridgehead atoms. The van der Waals surface area contributed by atoms with Gasteiger partial charge in [0.05, 0.1) is 6.54 Å². The Kier molecular flexibility index (Phi) is 2.71. The lowest BCUT2D eigenvalue weighted by Crippen LogP contribution is -2.33. The van der Waals surface area contributed by atoms with Crippen molar-refractivity contribution in [1.29, 1.82) is 0 Å². The van der Waals surface area contributed by atoms with Crippen LogP contribution in [0.4, 0.5) is 5.69 Å². The van der Waals surface area contributed by atoms with Crippen LogP contribution in [0.25, 0.3) is 0 Å². The van der Waals surface area contributed by atoms with E-state index in [2.05, 4.69) is 19.7 Å². The number of aromatic nitrogens is 3. The van der Waals surface area contributed by atoms with Gasteiger partial charge in [-0.15, -0.1) is 10.2 Å². The highest BCUT2D eigenvalue weighted by Crippen LogP contribution is 2.20. The molecule has 2 aromatic rings. The summed E-state index contributed by atoms with van der Waals surface area (Å²) in [4.78, 5) is 2.70. The van der Waals surface area contributed by atoms with E-state index >= 15 is 0 Å². The quantitative estimate of drug-likeness (QED) is 0.813. The summed E-state index contributed by atoms with van der Waals surface area (Å²) < 4.78 is 2.08. The molecular formula is C12H13N5S. The van der Waals surface area contributed by atoms with E-state index < -0.39 is 0 Å². The third kappa shape index (κ3) is 1.95. The minimum atomic E-state index is 0.430. The van der Waals surface area contributed by atoms with Crippen LogP contribution in [0.2, 0.25) is 0 Å². The second-order valence-corrected chi connectivity index (χ2v) is 4.71. The Morgan fingerprint density at radius 1 is 1.22 bits per heavy atom. The van der Waals surface area contributed by atoms with Crippen LogP contribution < -0.4 is 10.6 Å². The fourth-order valence-corrected chi connectivity index (χ4v) is 2.26. The lowest BCUT2D eigenvalue weighted by atomic mass is 10.2. The van der Waals surface area contributed by atoms with Crippen LogP contribution in [-0.4, -0.2) is 26.3 Å². The fraction of sp³-hybridized carbons (Fsp3) is 0.250. The standard InChI is InChI=1S/C12H13N5S/c13-12(18)9-1-3-10(4-2-9)16-5-6-17-8-14-15-11(17)7-16/h1-4,8H,5-7H2,(H2,13,18). The Labute approximate surface area is 110 Å². The van der Waals surface area contributed by atoms with Crippen LogP contribution in [0.15, 0.2) is 30.6 Å². The Morgan fingerprint density at radius 3 is 2.72 bits per heavy atom. The normalized spacial score (nSPS) is 14.3. The number of thiocarbonyl (C=S) groups is 1. The molecule has 0 spiro atoms. The Morgan fingerprint density at radius 2 is 2.00 bits per heavy atom. The molecule has 92 valence electrons. The molecule has 1 aromatic heterocycles. The molecule has 3 rings (SSSR count). The maximum atomic E-state index is 5.59. The Balaban J connectivity index is 1.82. The highest BCUT2D eigenvalue weighted by molar-refractivity contribution is 7.80. The van der Waals surface area contributed by atoms with Gasteiger partial charge in [0, 0.05) is 24.3 Å². The third-order valence-electron chi connectivity index (χ3n) is 3.16. The maximum absolute atomic E-state index is 5.59. The first-order chi connectivity index (χ1) is 8.74. The van der Waals surface area contributed by atoms with Crippen molar-refractivity contribution in [3.8, 4) is 0 Å². The topological polar surface area (TPSA) is 60.0 Å². The largest absolute Gasteiger partial charge is 0.389 e. The lowest BCUT2D eigenvalue weighted by Gasteiger charge is -2.29. The summed E-state index contributed by atoms with van der Waals surface area (Å²) in [5.74, 6) is 1.000. The van der Waals surface area contributed by atoms with Crippen LogP contribution in [-0.2, 0) is 13.1 Å². The molecule has 0 fully saturated rings. The van der Waals surface area contributed by atoms with Crippen LogP contribution in [0.3, 0.4) is 0 Å². The molecule has 0 saturated heterocycles. The first-order valence-corrected chi connectivity index (χ1v) is 6.16. The first kappa shape index (κ1) is 11.2. The van der Waals surface area contributed by atoms with Gasteiger partial charge in [-0.3, -0.25) is 0 Å². The van der Waals surface area contributed by atoms with Gasteiger partial charge in [-0.1, -0.05) is 12.2 Å². The zero-order chi connectivity index (χ0) is 12.5. The number of nitrogens with two attached hydrogens (primary N) is 1. The van der Waals surface area contributed by atoms with E-state index in [1.807, 2.05) is 24.3 Å². The van der Waals surface area contributed by atoms with E-state index in [4.69, 9.17) is 18.0 Å². The average molecular weight is 259 g/mol. The van der Waals surface area contributed by atoms with Gasteiger partial charge < -0.3 is 15.2 Å². The number of anilines is 1. The van der Waals surface area contributed by atoms with Crippen LogP contribution in [0.5, 0.6) is 0 Å². The number of hydrogen-bond acceptors (Lipinski definition) is 4. The molecule has 6 heteroatoms. The van der Waals surface area contributed by atoms with Gasteiger partial charge in [-0.25, -0.2) is 0 Å². The molecule has 0 amide bonds. The number of rotatable bonds is 2. The van der Waals surface area contributed by atoms with Crippen LogP contribution in [0, 0.1) is 0 Å². The SMILES string of the molecule is NC(=S)c1ccc(N2CCn3cnnc3C2)cc1.